The molecular formula is C18H23N3. The van der Waals surface area contributed by atoms with E-state index in [4.69, 9.17) is 0 Å². The molecule has 1 aromatic carbocycles. The van der Waals surface area contributed by atoms with Gasteiger partial charge in [-0.25, -0.2) is 0 Å². The van der Waals surface area contributed by atoms with Gasteiger partial charge in [-0.15, -0.1) is 0 Å². The van der Waals surface area contributed by atoms with E-state index in [2.05, 4.69) is 58.6 Å². The van der Waals surface area contributed by atoms with Crippen LogP contribution in [-0.4, -0.2) is 30.0 Å². The fourth-order valence-corrected chi connectivity index (χ4v) is 3.11. The molecule has 1 N–H and O–H groups in total. The Morgan fingerprint density at radius 2 is 2.00 bits per heavy atom. The van der Waals surface area contributed by atoms with Gasteiger partial charge in [-0.2, -0.15) is 0 Å². The predicted octanol–water partition coefficient (Wildman–Crippen LogP) is 2.79. The fraction of sp³-hybridized carbons (Fsp3) is 0.389. The Hall–Kier alpha value is -1.71. The minimum atomic E-state index is 0.512. The Bertz CT molecular complexity index is 568. The largest absolute Gasteiger partial charge is 0.313 e. The zero-order chi connectivity index (χ0) is 14.5. The van der Waals surface area contributed by atoms with Crippen LogP contribution in [0.15, 0.2) is 48.8 Å². The summed E-state index contributed by atoms with van der Waals surface area (Å²) in [5.74, 6) is 0. The van der Waals surface area contributed by atoms with Gasteiger partial charge in [-0.3, -0.25) is 9.88 Å². The van der Waals surface area contributed by atoms with Gasteiger partial charge in [0.05, 0.1) is 0 Å². The van der Waals surface area contributed by atoms with Crippen LogP contribution in [0.2, 0.25) is 0 Å². The number of hydrogen-bond acceptors (Lipinski definition) is 3. The normalized spacial score (nSPS) is 18.3. The summed E-state index contributed by atoms with van der Waals surface area (Å²) in [4.78, 5) is 6.57. The fourth-order valence-electron chi connectivity index (χ4n) is 3.11. The zero-order valence-corrected chi connectivity index (χ0v) is 12.6. The van der Waals surface area contributed by atoms with Crippen molar-refractivity contribution in [3.05, 3.63) is 65.5 Å². The molecule has 21 heavy (non-hydrogen) atoms. The van der Waals surface area contributed by atoms with Crippen molar-refractivity contribution >= 4 is 0 Å². The van der Waals surface area contributed by atoms with Gasteiger partial charge in [0, 0.05) is 31.5 Å². The van der Waals surface area contributed by atoms with Gasteiger partial charge in [0.2, 0.25) is 0 Å². The van der Waals surface area contributed by atoms with E-state index in [0.29, 0.717) is 6.04 Å². The Balaban J connectivity index is 1.70. The molecule has 0 spiro atoms. The molecule has 0 saturated carbocycles. The third-order valence-corrected chi connectivity index (χ3v) is 4.36. The van der Waals surface area contributed by atoms with Crippen LogP contribution in [-0.2, 0) is 13.0 Å². The summed E-state index contributed by atoms with van der Waals surface area (Å²) in [5, 5.41) is 3.53. The van der Waals surface area contributed by atoms with E-state index in [9.17, 15) is 0 Å². The first-order valence-electron chi connectivity index (χ1n) is 7.72. The first-order valence-corrected chi connectivity index (χ1v) is 7.72. The number of nitrogens with one attached hydrogen (secondary N) is 1. The summed E-state index contributed by atoms with van der Waals surface area (Å²) in [7, 11) is 2.24. The number of fused-ring (bicyclic) bond motifs is 1. The Morgan fingerprint density at radius 1 is 1.19 bits per heavy atom. The summed E-state index contributed by atoms with van der Waals surface area (Å²) in [6.45, 7) is 3.15. The Kier molecular flexibility index (Phi) is 4.63. The lowest BCUT2D eigenvalue weighted by Gasteiger charge is -2.28. The molecule has 1 aliphatic rings. The maximum Gasteiger partial charge on any atom is 0.0360 e. The highest BCUT2D eigenvalue weighted by molar-refractivity contribution is 5.31. The van der Waals surface area contributed by atoms with Crippen molar-refractivity contribution in [2.24, 2.45) is 0 Å². The van der Waals surface area contributed by atoms with Crippen LogP contribution in [0.25, 0.3) is 0 Å². The van der Waals surface area contributed by atoms with E-state index in [0.717, 1.165) is 26.1 Å². The molecule has 3 nitrogen and oxygen atoms in total. The minimum absolute atomic E-state index is 0.512. The monoisotopic (exact) mass is 281 g/mol. The van der Waals surface area contributed by atoms with E-state index in [1.54, 1.807) is 0 Å². The Morgan fingerprint density at radius 3 is 2.86 bits per heavy atom. The third-order valence-electron chi connectivity index (χ3n) is 4.36. The molecule has 0 bridgehead atoms. The van der Waals surface area contributed by atoms with Crippen molar-refractivity contribution < 1.29 is 0 Å². The lowest BCUT2D eigenvalue weighted by Crippen LogP contribution is -2.28. The van der Waals surface area contributed by atoms with Crippen molar-refractivity contribution in [1.29, 1.82) is 0 Å². The van der Waals surface area contributed by atoms with Gasteiger partial charge in [0.25, 0.3) is 0 Å². The second kappa shape index (κ2) is 6.83. The van der Waals surface area contributed by atoms with Crippen LogP contribution >= 0.6 is 0 Å². The summed E-state index contributed by atoms with van der Waals surface area (Å²) < 4.78 is 0. The van der Waals surface area contributed by atoms with Gasteiger partial charge in [-0.05, 0) is 55.3 Å². The second-order valence-corrected chi connectivity index (χ2v) is 5.77. The molecule has 0 amide bonds. The summed E-state index contributed by atoms with van der Waals surface area (Å²) >= 11 is 0. The molecule has 2 aromatic rings. The number of pyridine rings is 1. The van der Waals surface area contributed by atoms with Crippen LogP contribution < -0.4 is 5.32 Å². The van der Waals surface area contributed by atoms with Gasteiger partial charge in [0.1, 0.15) is 0 Å². The number of hydrogen-bond donors (Lipinski definition) is 1. The van der Waals surface area contributed by atoms with Gasteiger partial charge >= 0.3 is 0 Å². The SMILES string of the molecule is CN(CCc1ccncc1)C1CCNCc2ccccc21. The van der Waals surface area contributed by atoms with Crippen molar-refractivity contribution in [3.8, 4) is 0 Å². The predicted molar refractivity (Wildman–Crippen MR) is 86.1 cm³/mol. The average molecular weight is 281 g/mol. The van der Waals surface area contributed by atoms with Crippen molar-refractivity contribution in [1.82, 2.24) is 15.2 Å². The summed E-state index contributed by atoms with van der Waals surface area (Å²) in [6, 6.07) is 13.6. The van der Waals surface area contributed by atoms with Crippen molar-refractivity contribution in [2.75, 3.05) is 20.1 Å². The number of rotatable bonds is 4. The van der Waals surface area contributed by atoms with E-state index in [1.165, 1.54) is 23.1 Å². The van der Waals surface area contributed by atoms with E-state index in [1.807, 2.05) is 12.4 Å². The highest BCUT2D eigenvalue weighted by atomic mass is 15.1. The minimum Gasteiger partial charge on any atom is -0.313 e. The molecule has 1 unspecified atom stereocenters. The van der Waals surface area contributed by atoms with E-state index in [-0.39, 0.29) is 0 Å². The van der Waals surface area contributed by atoms with Gasteiger partial charge in [0.15, 0.2) is 0 Å². The standard InChI is InChI=1S/C18H23N3/c1-21(13-9-15-6-10-19-11-7-15)18-8-12-20-14-16-4-2-3-5-17(16)18/h2-7,10-11,18,20H,8-9,12-14H2,1H3. The topological polar surface area (TPSA) is 28.2 Å². The highest BCUT2D eigenvalue weighted by Crippen LogP contribution is 2.28. The second-order valence-electron chi connectivity index (χ2n) is 5.77. The first-order chi connectivity index (χ1) is 10.3. The number of benzene rings is 1. The summed E-state index contributed by atoms with van der Waals surface area (Å²) in [6.07, 6.45) is 6.00. The van der Waals surface area contributed by atoms with E-state index >= 15 is 0 Å². The van der Waals surface area contributed by atoms with Crippen molar-refractivity contribution in [3.63, 3.8) is 0 Å². The smallest absolute Gasteiger partial charge is 0.0360 e. The number of nitrogens with zero attached hydrogens (tertiary/aromatic N) is 2. The van der Waals surface area contributed by atoms with Crippen LogP contribution in [0.1, 0.15) is 29.2 Å². The molecule has 1 aromatic heterocycles. The molecule has 110 valence electrons. The molecule has 1 aliphatic heterocycles. The third kappa shape index (κ3) is 3.49. The molecule has 3 rings (SSSR count). The average Bonchev–Trinajstić information content (AvgIpc) is 2.76. The Labute approximate surface area is 127 Å². The van der Waals surface area contributed by atoms with Crippen LogP contribution in [0.3, 0.4) is 0 Å². The first kappa shape index (κ1) is 14.2. The molecule has 2 heterocycles. The molecular weight excluding hydrogens is 258 g/mol. The molecule has 0 saturated heterocycles. The van der Waals surface area contributed by atoms with Crippen LogP contribution in [0.4, 0.5) is 0 Å². The van der Waals surface area contributed by atoms with Crippen LogP contribution in [0, 0.1) is 0 Å². The van der Waals surface area contributed by atoms with Crippen molar-refractivity contribution in [2.45, 2.75) is 25.4 Å². The van der Waals surface area contributed by atoms with Gasteiger partial charge < -0.3 is 5.32 Å². The van der Waals surface area contributed by atoms with E-state index < -0.39 is 0 Å². The highest BCUT2D eigenvalue weighted by Gasteiger charge is 2.21. The molecule has 0 radical (unpaired) electrons. The molecule has 3 heteroatoms. The molecule has 0 fully saturated rings. The maximum atomic E-state index is 4.08. The lowest BCUT2D eigenvalue weighted by molar-refractivity contribution is 0.237. The van der Waals surface area contributed by atoms with Crippen LogP contribution in [0.5, 0.6) is 0 Å². The maximum absolute atomic E-state index is 4.08. The van der Waals surface area contributed by atoms with Gasteiger partial charge in [-0.1, -0.05) is 24.3 Å². The number of likely N-dealkylation sites (N-methyl/N-ethyl adjacent to an activating group) is 1. The summed E-state index contributed by atoms with van der Waals surface area (Å²) in [5.41, 5.74) is 4.28. The molecule has 1 atom stereocenters. The molecule has 0 aliphatic carbocycles. The lowest BCUT2D eigenvalue weighted by atomic mass is 9.98. The zero-order valence-electron chi connectivity index (χ0n) is 12.6. The quantitative estimate of drug-likeness (QED) is 0.934. The number of aromatic nitrogens is 1.